The molecule has 0 radical (unpaired) electrons. The molecule has 1 aromatic heterocycles. The predicted octanol–water partition coefficient (Wildman–Crippen LogP) is 3.51. The number of piperidine rings is 1. The van der Waals surface area contributed by atoms with Gasteiger partial charge in [-0.15, -0.1) is 0 Å². The monoisotopic (exact) mass is 348 g/mol. The quantitative estimate of drug-likeness (QED) is 0.734. The van der Waals surface area contributed by atoms with Crippen LogP contribution in [-0.4, -0.2) is 16.4 Å². The summed E-state index contributed by atoms with van der Waals surface area (Å²) < 4.78 is 7.91. The molecule has 1 N–H and O–H groups in total. The van der Waals surface area contributed by atoms with Crippen molar-refractivity contribution in [2.45, 2.75) is 32.4 Å². The second-order valence-corrected chi connectivity index (χ2v) is 6.62. The third-order valence-electron chi connectivity index (χ3n) is 4.77. The highest BCUT2D eigenvalue weighted by atomic mass is 16.5. The third kappa shape index (κ3) is 3.08. The standard InChI is InChI=1S/C21H20N2O3/c1-14-11-16-12-17(26-13-15-5-3-2-4-6-15)7-8-18(16)23(14)19-9-10-20(24)22-21(19)25/h2-8,11-12,19H,9-10,13H2,1H3,(H,22,24,25). The summed E-state index contributed by atoms with van der Waals surface area (Å²) in [7, 11) is 0. The largest absolute Gasteiger partial charge is 0.489 e. The average Bonchev–Trinajstić information content (AvgIpc) is 2.96. The van der Waals surface area contributed by atoms with Crippen molar-refractivity contribution in [3.8, 4) is 5.75 Å². The summed E-state index contributed by atoms with van der Waals surface area (Å²) in [4.78, 5) is 23.7. The Hall–Kier alpha value is -3.08. The lowest BCUT2D eigenvalue weighted by Gasteiger charge is -2.24. The molecule has 5 heteroatoms. The van der Waals surface area contributed by atoms with E-state index in [0.29, 0.717) is 19.4 Å². The molecule has 1 aliphatic rings. The van der Waals surface area contributed by atoms with Crippen molar-refractivity contribution >= 4 is 22.7 Å². The number of rotatable bonds is 4. The molecule has 1 saturated heterocycles. The molecule has 1 aliphatic heterocycles. The van der Waals surface area contributed by atoms with E-state index in [-0.39, 0.29) is 17.9 Å². The minimum atomic E-state index is -0.346. The number of fused-ring (bicyclic) bond motifs is 1. The van der Waals surface area contributed by atoms with Crippen molar-refractivity contribution in [3.63, 3.8) is 0 Å². The summed E-state index contributed by atoms with van der Waals surface area (Å²) in [6.45, 7) is 2.49. The molecular formula is C21H20N2O3. The molecule has 2 heterocycles. The fourth-order valence-electron chi connectivity index (χ4n) is 3.53. The number of imide groups is 1. The van der Waals surface area contributed by atoms with Crippen LogP contribution in [0.5, 0.6) is 5.75 Å². The summed E-state index contributed by atoms with van der Waals surface area (Å²) in [5, 5.41) is 3.46. The van der Waals surface area contributed by atoms with E-state index < -0.39 is 0 Å². The second kappa shape index (κ2) is 6.67. The Morgan fingerprint density at radius 1 is 1.12 bits per heavy atom. The Labute approximate surface area is 151 Å². The minimum Gasteiger partial charge on any atom is -0.489 e. The topological polar surface area (TPSA) is 60.3 Å². The van der Waals surface area contributed by atoms with Crippen LogP contribution in [0.1, 0.15) is 30.1 Å². The summed E-state index contributed by atoms with van der Waals surface area (Å²) >= 11 is 0. The number of nitrogens with one attached hydrogen (secondary N) is 1. The normalized spacial score (nSPS) is 17.3. The molecule has 2 amide bonds. The summed E-state index contributed by atoms with van der Waals surface area (Å²) in [5.41, 5.74) is 3.09. The van der Waals surface area contributed by atoms with Crippen LogP contribution in [0.2, 0.25) is 0 Å². The van der Waals surface area contributed by atoms with Crippen molar-refractivity contribution < 1.29 is 14.3 Å². The summed E-state index contributed by atoms with van der Waals surface area (Å²) in [5.74, 6) is 0.366. The Balaban J connectivity index is 1.60. The van der Waals surface area contributed by atoms with Gasteiger partial charge in [0.2, 0.25) is 11.8 Å². The molecule has 4 rings (SSSR count). The van der Waals surface area contributed by atoms with E-state index in [9.17, 15) is 9.59 Å². The maximum absolute atomic E-state index is 12.2. The van der Waals surface area contributed by atoms with Gasteiger partial charge in [0.15, 0.2) is 0 Å². The Morgan fingerprint density at radius 2 is 1.92 bits per heavy atom. The van der Waals surface area contributed by atoms with Gasteiger partial charge in [-0.25, -0.2) is 0 Å². The van der Waals surface area contributed by atoms with E-state index in [1.54, 1.807) is 0 Å². The highest BCUT2D eigenvalue weighted by molar-refractivity contribution is 6.00. The average molecular weight is 348 g/mol. The van der Waals surface area contributed by atoms with Crippen LogP contribution in [0.3, 0.4) is 0 Å². The number of amides is 2. The zero-order valence-corrected chi connectivity index (χ0v) is 14.6. The smallest absolute Gasteiger partial charge is 0.249 e. The van der Waals surface area contributed by atoms with Crippen molar-refractivity contribution in [3.05, 3.63) is 65.9 Å². The predicted molar refractivity (Wildman–Crippen MR) is 98.9 cm³/mol. The number of hydrogen-bond donors (Lipinski definition) is 1. The van der Waals surface area contributed by atoms with Gasteiger partial charge >= 0.3 is 0 Å². The van der Waals surface area contributed by atoms with Crippen LogP contribution in [0.4, 0.5) is 0 Å². The lowest BCUT2D eigenvalue weighted by Crippen LogP contribution is -2.41. The van der Waals surface area contributed by atoms with Crippen molar-refractivity contribution in [2.24, 2.45) is 0 Å². The van der Waals surface area contributed by atoms with Crippen LogP contribution in [0, 0.1) is 6.92 Å². The van der Waals surface area contributed by atoms with Crippen LogP contribution in [0.25, 0.3) is 10.9 Å². The van der Waals surface area contributed by atoms with E-state index in [1.165, 1.54) is 0 Å². The molecule has 1 fully saturated rings. The fourth-order valence-corrected chi connectivity index (χ4v) is 3.53. The van der Waals surface area contributed by atoms with E-state index in [0.717, 1.165) is 27.9 Å². The zero-order chi connectivity index (χ0) is 18.1. The number of nitrogens with zero attached hydrogens (tertiary/aromatic N) is 1. The van der Waals surface area contributed by atoms with E-state index in [4.69, 9.17) is 4.74 Å². The molecule has 0 bridgehead atoms. The van der Waals surface area contributed by atoms with Gasteiger partial charge in [-0.3, -0.25) is 14.9 Å². The third-order valence-corrected chi connectivity index (χ3v) is 4.77. The van der Waals surface area contributed by atoms with Gasteiger partial charge < -0.3 is 9.30 Å². The Morgan fingerprint density at radius 3 is 2.69 bits per heavy atom. The van der Waals surface area contributed by atoms with Gasteiger partial charge in [0.05, 0.1) is 0 Å². The zero-order valence-electron chi connectivity index (χ0n) is 14.6. The van der Waals surface area contributed by atoms with Gasteiger partial charge in [0, 0.05) is 23.0 Å². The van der Waals surface area contributed by atoms with Crippen LogP contribution in [0.15, 0.2) is 54.6 Å². The molecule has 3 aromatic rings. The van der Waals surface area contributed by atoms with Gasteiger partial charge in [-0.05, 0) is 43.2 Å². The highest BCUT2D eigenvalue weighted by Gasteiger charge is 2.29. The number of carbonyl (C=O) groups is 2. The van der Waals surface area contributed by atoms with Gasteiger partial charge in [-0.2, -0.15) is 0 Å². The van der Waals surface area contributed by atoms with E-state index in [2.05, 4.69) is 11.4 Å². The molecule has 0 spiro atoms. The van der Waals surface area contributed by atoms with Crippen molar-refractivity contribution in [2.75, 3.05) is 0 Å². The molecule has 26 heavy (non-hydrogen) atoms. The van der Waals surface area contributed by atoms with Crippen LogP contribution < -0.4 is 10.1 Å². The fraction of sp³-hybridized carbons (Fsp3) is 0.238. The molecule has 0 saturated carbocycles. The number of aryl methyl sites for hydroxylation is 1. The molecule has 1 atom stereocenters. The highest BCUT2D eigenvalue weighted by Crippen LogP contribution is 2.30. The van der Waals surface area contributed by atoms with Gasteiger partial charge in [0.25, 0.3) is 0 Å². The summed E-state index contributed by atoms with van der Waals surface area (Å²) in [6, 6.07) is 17.6. The molecule has 1 unspecified atom stereocenters. The lowest BCUT2D eigenvalue weighted by atomic mass is 10.1. The summed E-state index contributed by atoms with van der Waals surface area (Å²) in [6.07, 6.45) is 0.898. The van der Waals surface area contributed by atoms with Crippen molar-refractivity contribution in [1.82, 2.24) is 9.88 Å². The SMILES string of the molecule is Cc1cc2cc(OCc3ccccc3)ccc2n1C1CCC(=O)NC1=O. The Kier molecular flexibility index (Phi) is 4.21. The van der Waals surface area contributed by atoms with Gasteiger partial charge in [0.1, 0.15) is 18.4 Å². The first-order valence-corrected chi connectivity index (χ1v) is 8.74. The molecule has 2 aromatic carbocycles. The van der Waals surface area contributed by atoms with Crippen LogP contribution in [-0.2, 0) is 16.2 Å². The molecule has 5 nitrogen and oxygen atoms in total. The number of aromatic nitrogens is 1. The number of hydrogen-bond acceptors (Lipinski definition) is 3. The van der Waals surface area contributed by atoms with Gasteiger partial charge in [-0.1, -0.05) is 30.3 Å². The van der Waals surface area contributed by atoms with Crippen molar-refractivity contribution in [1.29, 1.82) is 0 Å². The molecule has 0 aliphatic carbocycles. The first-order chi connectivity index (χ1) is 12.6. The van der Waals surface area contributed by atoms with Crippen LogP contribution >= 0.6 is 0 Å². The van der Waals surface area contributed by atoms with E-state index in [1.807, 2.05) is 60.0 Å². The molecule has 132 valence electrons. The molecular weight excluding hydrogens is 328 g/mol. The maximum atomic E-state index is 12.2. The second-order valence-electron chi connectivity index (χ2n) is 6.62. The maximum Gasteiger partial charge on any atom is 0.249 e. The number of benzene rings is 2. The number of carbonyl (C=O) groups excluding carboxylic acids is 2. The first-order valence-electron chi connectivity index (χ1n) is 8.74. The minimum absolute atomic E-state index is 0.197. The van der Waals surface area contributed by atoms with E-state index >= 15 is 0 Å². The lowest BCUT2D eigenvalue weighted by molar-refractivity contribution is -0.135. The Bertz CT molecular complexity index is 976. The number of ether oxygens (including phenoxy) is 1. The first kappa shape index (κ1) is 16.4.